The zero-order chi connectivity index (χ0) is 15.9. The first-order valence-corrected chi connectivity index (χ1v) is 7.56. The molecule has 0 radical (unpaired) electrons. The third kappa shape index (κ3) is 3.61. The SMILES string of the molecule is CCc1ccc(CC)c(OCc2ccccc2C(=O)C=N)c1. The standard InChI is InChI=1S/C19H21NO2/c1-3-14-9-10-15(4-2)19(11-14)22-13-16-7-5-6-8-17(16)18(21)12-20/h5-12,20H,3-4,13H2,1-2H3. The largest absolute Gasteiger partial charge is 0.489 e. The fraction of sp³-hybridized carbons (Fsp3) is 0.263. The van der Waals surface area contributed by atoms with Gasteiger partial charge in [0, 0.05) is 11.1 Å². The summed E-state index contributed by atoms with van der Waals surface area (Å²) < 4.78 is 5.96. The minimum absolute atomic E-state index is 0.294. The van der Waals surface area contributed by atoms with Crippen molar-refractivity contribution in [2.24, 2.45) is 0 Å². The van der Waals surface area contributed by atoms with Crippen molar-refractivity contribution < 1.29 is 9.53 Å². The topological polar surface area (TPSA) is 50.2 Å². The van der Waals surface area contributed by atoms with Crippen LogP contribution in [0.1, 0.15) is 40.9 Å². The van der Waals surface area contributed by atoms with E-state index in [-0.39, 0.29) is 5.78 Å². The fourth-order valence-electron chi connectivity index (χ4n) is 2.37. The maximum Gasteiger partial charge on any atom is 0.203 e. The van der Waals surface area contributed by atoms with E-state index < -0.39 is 0 Å². The molecule has 0 unspecified atom stereocenters. The number of nitrogens with one attached hydrogen (secondary N) is 1. The normalized spacial score (nSPS) is 10.3. The molecule has 22 heavy (non-hydrogen) atoms. The number of carbonyl (C=O) groups is 1. The number of aryl methyl sites for hydroxylation is 2. The molecule has 0 spiro atoms. The quantitative estimate of drug-likeness (QED) is 0.614. The van der Waals surface area contributed by atoms with Crippen LogP contribution in [-0.2, 0) is 19.4 Å². The molecule has 0 saturated heterocycles. The fourth-order valence-corrected chi connectivity index (χ4v) is 2.37. The van der Waals surface area contributed by atoms with Crippen LogP contribution in [0.4, 0.5) is 0 Å². The third-order valence-electron chi connectivity index (χ3n) is 3.72. The van der Waals surface area contributed by atoms with Crippen molar-refractivity contribution in [1.29, 1.82) is 5.41 Å². The monoisotopic (exact) mass is 295 g/mol. The summed E-state index contributed by atoms with van der Waals surface area (Å²) in [6.07, 6.45) is 2.71. The lowest BCUT2D eigenvalue weighted by Gasteiger charge is -2.13. The molecule has 3 nitrogen and oxygen atoms in total. The Kier molecular flexibility index (Phi) is 5.48. The molecule has 114 valence electrons. The van der Waals surface area contributed by atoms with E-state index in [1.807, 2.05) is 12.1 Å². The molecule has 1 N–H and O–H groups in total. The molecule has 3 heteroatoms. The van der Waals surface area contributed by atoms with Crippen LogP contribution in [-0.4, -0.2) is 12.0 Å². The molecular weight excluding hydrogens is 274 g/mol. The van der Waals surface area contributed by atoms with Crippen molar-refractivity contribution in [3.8, 4) is 5.75 Å². The van der Waals surface area contributed by atoms with Gasteiger partial charge < -0.3 is 10.1 Å². The maximum absolute atomic E-state index is 11.8. The van der Waals surface area contributed by atoms with E-state index in [4.69, 9.17) is 10.1 Å². The predicted octanol–water partition coefficient (Wildman–Crippen LogP) is 4.22. The van der Waals surface area contributed by atoms with Crippen LogP contribution in [0, 0.1) is 5.41 Å². The molecule has 0 heterocycles. The van der Waals surface area contributed by atoms with Gasteiger partial charge in [-0.15, -0.1) is 0 Å². The van der Waals surface area contributed by atoms with E-state index in [1.165, 1.54) is 5.56 Å². The zero-order valence-electron chi connectivity index (χ0n) is 13.1. The average Bonchev–Trinajstić information content (AvgIpc) is 2.59. The Hall–Kier alpha value is -2.42. The Balaban J connectivity index is 2.23. The van der Waals surface area contributed by atoms with Crippen LogP contribution in [0.5, 0.6) is 5.75 Å². The van der Waals surface area contributed by atoms with E-state index in [0.29, 0.717) is 12.2 Å². The van der Waals surface area contributed by atoms with Gasteiger partial charge in [-0.1, -0.05) is 50.2 Å². The first-order valence-electron chi connectivity index (χ1n) is 7.56. The molecule has 0 aliphatic heterocycles. The lowest BCUT2D eigenvalue weighted by atomic mass is 10.0. The summed E-state index contributed by atoms with van der Waals surface area (Å²) in [5, 5.41) is 7.14. The number of rotatable bonds is 7. The van der Waals surface area contributed by atoms with Gasteiger partial charge in [-0.25, -0.2) is 0 Å². The number of ketones is 1. The van der Waals surface area contributed by atoms with Crippen molar-refractivity contribution in [1.82, 2.24) is 0 Å². The van der Waals surface area contributed by atoms with E-state index in [9.17, 15) is 4.79 Å². The van der Waals surface area contributed by atoms with Gasteiger partial charge in [-0.3, -0.25) is 4.79 Å². The number of ether oxygens (including phenoxy) is 1. The highest BCUT2D eigenvalue weighted by Crippen LogP contribution is 2.23. The lowest BCUT2D eigenvalue weighted by Crippen LogP contribution is -2.07. The molecule has 0 aromatic heterocycles. The number of benzene rings is 2. The summed E-state index contributed by atoms with van der Waals surface area (Å²) in [5.74, 6) is 0.580. The van der Waals surface area contributed by atoms with E-state index in [1.54, 1.807) is 12.1 Å². The predicted molar refractivity (Wildman–Crippen MR) is 89.1 cm³/mol. The molecule has 2 aromatic rings. The molecule has 0 saturated carbocycles. The maximum atomic E-state index is 11.8. The highest BCUT2D eigenvalue weighted by atomic mass is 16.5. The van der Waals surface area contributed by atoms with Gasteiger partial charge in [0.15, 0.2) is 0 Å². The molecule has 0 amide bonds. The first kappa shape index (κ1) is 16.0. The van der Waals surface area contributed by atoms with Crippen molar-refractivity contribution in [3.05, 3.63) is 64.7 Å². The van der Waals surface area contributed by atoms with Crippen LogP contribution in [0.3, 0.4) is 0 Å². The lowest BCUT2D eigenvalue weighted by molar-refractivity contribution is 0.106. The summed E-state index contributed by atoms with van der Waals surface area (Å²) in [6, 6.07) is 13.6. The van der Waals surface area contributed by atoms with Crippen LogP contribution < -0.4 is 4.74 Å². The smallest absolute Gasteiger partial charge is 0.203 e. The summed E-state index contributed by atoms with van der Waals surface area (Å²) >= 11 is 0. The first-order chi connectivity index (χ1) is 10.7. The molecule has 0 atom stereocenters. The van der Waals surface area contributed by atoms with Crippen molar-refractivity contribution in [2.45, 2.75) is 33.3 Å². The van der Waals surface area contributed by atoms with Crippen LogP contribution in [0.2, 0.25) is 0 Å². The van der Waals surface area contributed by atoms with E-state index in [0.717, 1.165) is 35.9 Å². The molecule has 0 aliphatic carbocycles. The molecule has 2 aromatic carbocycles. The highest BCUT2D eigenvalue weighted by Gasteiger charge is 2.10. The van der Waals surface area contributed by atoms with E-state index in [2.05, 4.69) is 32.0 Å². The Morgan fingerprint density at radius 3 is 2.55 bits per heavy atom. The van der Waals surface area contributed by atoms with Crippen molar-refractivity contribution in [2.75, 3.05) is 0 Å². The van der Waals surface area contributed by atoms with Gasteiger partial charge in [0.25, 0.3) is 0 Å². The minimum Gasteiger partial charge on any atom is -0.489 e. The van der Waals surface area contributed by atoms with Gasteiger partial charge in [0.05, 0.1) is 6.21 Å². The van der Waals surface area contributed by atoms with E-state index >= 15 is 0 Å². The Bertz CT molecular complexity index is 677. The summed E-state index contributed by atoms with van der Waals surface area (Å²) in [7, 11) is 0. The van der Waals surface area contributed by atoms with Gasteiger partial charge in [0.2, 0.25) is 5.78 Å². The van der Waals surface area contributed by atoms with Crippen LogP contribution in [0.15, 0.2) is 42.5 Å². The zero-order valence-corrected chi connectivity index (χ0v) is 13.1. The van der Waals surface area contributed by atoms with Gasteiger partial charge >= 0.3 is 0 Å². The van der Waals surface area contributed by atoms with Gasteiger partial charge in [0.1, 0.15) is 12.4 Å². The molecule has 2 rings (SSSR count). The summed E-state index contributed by atoms with van der Waals surface area (Å²) in [6.45, 7) is 4.54. The summed E-state index contributed by atoms with van der Waals surface area (Å²) in [4.78, 5) is 11.8. The van der Waals surface area contributed by atoms with Crippen LogP contribution >= 0.6 is 0 Å². The summed E-state index contributed by atoms with van der Waals surface area (Å²) in [5.41, 5.74) is 3.73. The molecule has 0 fully saturated rings. The third-order valence-corrected chi connectivity index (χ3v) is 3.72. The molecule has 0 bridgehead atoms. The minimum atomic E-state index is -0.294. The Morgan fingerprint density at radius 1 is 1.09 bits per heavy atom. The second-order valence-corrected chi connectivity index (χ2v) is 5.10. The molecule has 0 aliphatic rings. The number of hydrogen-bond acceptors (Lipinski definition) is 3. The average molecular weight is 295 g/mol. The van der Waals surface area contributed by atoms with Gasteiger partial charge in [-0.2, -0.15) is 0 Å². The second-order valence-electron chi connectivity index (χ2n) is 5.10. The van der Waals surface area contributed by atoms with Gasteiger partial charge in [-0.05, 0) is 30.0 Å². The Morgan fingerprint density at radius 2 is 1.86 bits per heavy atom. The number of carbonyl (C=O) groups excluding carboxylic acids is 1. The van der Waals surface area contributed by atoms with Crippen molar-refractivity contribution in [3.63, 3.8) is 0 Å². The second kappa shape index (κ2) is 7.55. The molecular formula is C19H21NO2. The van der Waals surface area contributed by atoms with Crippen molar-refractivity contribution >= 4 is 12.0 Å². The number of hydrogen-bond donors (Lipinski definition) is 1. The Labute approximate surface area is 131 Å². The highest BCUT2D eigenvalue weighted by molar-refractivity contribution is 6.34. The number of Topliss-reactive ketones (excluding diaryl/α,β-unsaturated/α-hetero) is 1. The van der Waals surface area contributed by atoms with Crippen LogP contribution in [0.25, 0.3) is 0 Å².